The van der Waals surface area contributed by atoms with Crippen LogP contribution in [0, 0.1) is 17.6 Å². The number of hydrogen-bond donors (Lipinski definition) is 1. The molecule has 1 N–H and O–H groups in total. The highest BCUT2D eigenvalue weighted by molar-refractivity contribution is 5.90. The molecule has 0 bridgehead atoms. The van der Waals surface area contributed by atoms with Gasteiger partial charge in [-0.05, 0) is 24.8 Å². The van der Waals surface area contributed by atoms with Crippen LogP contribution in [-0.2, 0) is 4.74 Å². The minimum absolute atomic E-state index is 0.154. The molecule has 0 heterocycles. The molecule has 1 saturated carbocycles. The smallest absolute Gasteiger partial charge is 0.340 e. The molecule has 0 aromatic heterocycles. The highest BCUT2D eigenvalue weighted by Crippen LogP contribution is 2.25. The third kappa shape index (κ3) is 4.16. The molecular weight excluding hydrogens is 276 g/mol. The highest BCUT2D eigenvalue weighted by Gasteiger charge is 2.18. The Morgan fingerprint density at radius 3 is 2.48 bits per heavy atom. The minimum atomic E-state index is -0.903. The molecule has 1 fully saturated rings. The van der Waals surface area contributed by atoms with E-state index in [1.165, 1.54) is 38.9 Å². The Morgan fingerprint density at radius 1 is 1.19 bits per heavy atom. The average Bonchev–Trinajstić information content (AvgIpc) is 2.74. The van der Waals surface area contributed by atoms with Crippen LogP contribution in [0.1, 0.15) is 48.9 Å². The molecule has 1 aromatic rings. The summed E-state index contributed by atoms with van der Waals surface area (Å²) in [4.78, 5) is 11.4. The molecular formula is C16H21F2NO2. The van der Waals surface area contributed by atoms with E-state index in [2.05, 4.69) is 10.1 Å². The van der Waals surface area contributed by atoms with Gasteiger partial charge in [-0.2, -0.15) is 0 Å². The van der Waals surface area contributed by atoms with Crippen LogP contribution in [0.4, 0.5) is 14.5 Å². The standard InChI is InChI=1S/C16H21F2NO2/c1-21-16(20)12-8-15(14(18)9-13(12)17)19-10-11-6-4-2-3-5-7-11/h8-9,11,19H,2-7,10H2,1H3. The van der Waals surface area contributed by atoms with Crippen molar-refractivity contribution in [3.05, 3.63) is 29.3 Å². The van der Waals surface area contributed by atoms with Gasteiger partial charge in [-0.1, -0.05) is 25.7 Å². The van der Waals surface area contributed by atoms with Crippen LogP contribution >= 0.6 is 0 Å². The first-order valence-corrected chi connectivity index (χ1v) is 7.43. The maximum atomic E-state index is 13.8. The number of esters is 1. The Bertz CT molecular complexity index is 497. The first-order valence-electron chi connectivity index (χ1n) is 7.43. The Labute approximate surface area is 123 Å². The lowest BCUT2D eigenvalue weighted by Gasteiger charge is -2.16. The predicted molar refractivity (Wildman–Crippen MR) is 77.4 cm³/mol. The van der Waals surface area contributed by atoms with Gasteiger partial charge < -0.3 is 10.1 Å². The molecule has 116 valence electrons. The van der Waals surface area contributed by atoms with Gasteiger partial charge in [0.1, 0.15) is 11.6 Å². The molecule has 0 atom stereocenters. The number of anilines is 1. The van der Waals surface area contributed by atoms with E-state index >= 15 is 0 Å². The second-order valence-electron chi connectivity index (χ2n) is 5.54. The summed E-state index contributed by atoms with van der Waals surface area (Å²) < 4.78 is 31.8. The fraction of sp³-hybridized carbons (Fsp3) is 0.562. The average molecular weight is 297 g/mol. The summed E-state index contributed by atoms with van der Waals surface area (Å²) in [5.74, 6) is -1.89. The molecule has 1 aliphatic carbocycles. The fourth-order valence-corrected chi connectivity index (χ4v) is 2.77. The van der Waals surface area contributed by atoms with Gasteiger partial charge in [0.25, 0.3) is 0 Å². The van der Waals surface area contributed by atoms with Gasteiger partial charge in [0.05, 0.1) is 18.4 Å². The zero-order chi connectivity index (χ0) is 15.2. The molecule has 0 aliphatic heterocycles. The van der Waals surface area contributed by atoms with E-state index < -0.39 is 17.6 Å². The summed E-state index contributed by atoms with van der Waals surface area (Å²) in [7, 11) is 1.17. The molecule has 1 aromatic carbocycles. The topological polar surface area (TPSA) is 38.3 Å². The summed E-state index contributed by atoms with van der Waals surface area (Å²) in [5, 5.41) is 3.01. The molecule has 0 amide bonds. The van der Waals surface area contributed by atoms with Crippen molar-refractivity contribution in [2.75, 3.05) is 19.0 Å². The normalized spacial score (nSPS) is 16.3. The molecule has 1 aliphatic rings. The van der Waals surface area contributed by atoms with E-state index in [0.29, 0.717) is 12.5 Å². The summed E-state index contributed by atoms with van der Waals surface area (Å²) in [6, 6.07) is 1.91. The minimum Gasteiger partial charge on any atom is -0.465 e. The third-order valence-electron chi connectivity index (χ3n) is 4.02. The second-order valence-corrected chi connectivity index (χ2v) is 5.54. The number of carbonyl (C=O) groups is 1. The number of methoxy groups -OCH3 is 1. The molecule has 5 heteroatoms. The lowest BCUT2D eigenvalue weighted by atomic mass is 10.0. The van der Waals surface area contributed by atoms with E-state index in [1.807, 2.05) is 0 Å². The van der Waals surface area contributed by atoms with Crippen LogP contribution in [0.15, 0.2) is 12.1 Å². The van der Waals surface area contributed by atoms with Gasteiger partial charge in [-0.15, -0.1) is 0 Å². The lowest BCUT2D eigenvalue weighted by Crippen LogP contribution is -2.15. The first-order chi connectivity index (χ1) is 10.1. The monoisotopic (exact) mass is 297 g/mol. The van der Waals surface area contributed by atoms with Crippen molar-refractivity contribution in [1.29, 1.82) is 0 Å². The third-order valence-corrected chi connectivity index (χ3v) is 4.02. The van der Waals surface area contributed by atoms with Crippen molar-refractivity contribution >= 4 is 11.7 Å². The number of benzene rings is 1. The van der Waals surface area contributed by atoms with Crippen LogP contribution < -0.4 is 5.32 Å². The Kier molecular flexibility index (Phi) is 5.53. The van der Waals surface area contributed by atoms with Gasteiger partial charge in [0.2, 0.25) is 0 Å². The van der Waals surface area contributed by atoms with E-state index in [0.717, 1.165) is 18.9 Å². The van der Waals surface area contributed by atoms with Crippen molar-refractivity contribution in [2.45, 2.75) is 38.5 Å². The van der Waals surface area contributed by atoms with Gasteiger partial charge >= 0.3 is 5.97 Å². The number of halogens is 2. The molecule has 0 spiro atoms. The van der Waals surface area contributed by atoms with Gasteiger partial charge in [0.15, 0.2) is 0 Å². The van der Waals surface area contributed by atoms with Crippen LogP contribution in [0.25, 0.3) is 0 Å². The van der Waals surface area contributed by atoms with Crippen LogP contribution in [-0.4, -0.2) is 19.6 Å². The van der Waals surface area contributed by atoms with E-state index in [9.17, 15) is 13.6 Å². The largest absolute Gasteiger partial charge is 0.465 e. The summed E-state index contributed by atoms with van der Waals surface area (Å²) in [5.41, 5.74) is -0.0942. The molecule has 0 radical (unpaired) electrons. The van der Waals surface area contributed by atoms with E-state index in [1.54, 1.807) is 0 Å². The zero-order valence-corrected chi connectivity index (χ0v) is 12.3. The van der Waals surface area contributed by atoms with E-state index in [4.69, 9.17) is 0 Å². The van der Waals surface area contributed by atoms with Crippen LogP contribution in [0.5, 0.6) is 0 Å². The predicted octanol–water partition coefficient (Wildman–Crippen LogP) is 4.13. The van der Waals surface area contributed by atoms with Gasteiger partial charge in [0, 0.05) is 12.6 Å². The van der Waals surface area contributed by atoms with Crippen molar-refractivity contribution in [2.24, 2.45) is 5.92 Å². The lowest BCUT2D eigenvalue weighted by molar-refractivity contribution is 0.0595. The summed E-state index contributed by atoms with van der Waals surface area (Å²) in [6.45, 7) is 0.642. The Morgan fingerprint density at radius 2 is 1.86 bits per heavy atom. The van der Waals surface area contributed by atoms with Crippen LogP contribution in [0.2, 0.25) is 0 Å². The Balaban J connectivity index is 2.06. The number of hydrogen-bond acceptors (Lipinski definition) is 3. The molecule has 0 unspecified atom stereocenters. The first kappa shape index (κ1) is 15.7. The van der Waals surface area contributed by atoms with Crippen molar-refractivity contribution in [1.82, 2.24) is 0 Å². The maximum Gasteiger partial charge on any atom is 0.340 e. The Hall–Kier alpha value is -1.65. The zero-order valence-electron chi connectivity index (χ0n) is 12.3. The molecule has 0 saturated heterocycles. The molecule has 3 nitrogen and oxygen atoms in total. The summed E-state index contributed by atoms with van der Waals surface area (Å²) >= 11 is 0. The SMILES string of the molecule is COC(=O)c1cc(NCC2CCCCCC2)c(F)cc1F. The molecule has 21 heavy (non-hydrogen) atoms. The number of nitrogens with one attached hydrogen (secondary N) is 1. The summed E-state index contributed by atoms with van der Waals surface area (Å²) in [6.07, 6.45) is 7.17. The number of carbonyl (C=O) groups excluding carboxylic acids is 1. The van der Waals surface area contributed by atoms with Crippen molar-refractivity contribution < 1.29 is 18.3 Å². The number of rotatable bonds is 4. The van der Waals surface area contributed by atoms with Crippen molar-refractivity contribution in [3.63, 3.8) is 0 Å². The number of ether oxygens (including phenoxy) is 1. The van der Waals surface area contributed by atoms with Crippen LogP contribution in [0.3, 0.4) is 0 Å². The highest BCUT2D eigenvalue weighted by atomic mass is 19.1. The fourth-order valence-electron chi connectivity index (χ4n) is 2.77. The molecule has 2 rings (SSSR count). The maximum absolute atomic E-state index is 13.8. The van der Waals surface area contributed by atoms with Gasteiger partial charge in [-0.3, -0.25) is 0 Å². The van der Waals surface area contributed by atoms with Gasteiger partial charge in [-0.25, -0.2) is 13.6 Å². The van der Waals surface area contributed by atoms with Crippen molar-refractivity contribution in [3.8, 4) is 0 Å². The van der Waals surface area contributed by atoms with E-state index in [-0.39, 0.29) is 11.3 Å². The second kappa shape index (κ2) is 7.38. The quantitative estimate of drug-likeness (QED) is 0.670.